The highest BCUT2D eigenvalue weighted by atomic mass is 16.3. The van der Waals surface area contributed by atoms with Gasteiger partial charge in [-0.25, -0.2) is 0 Å². The maximum Gasteiger partial charge on any atom is 0.0863 e. The van der Waals surface area contributed by atoms with Crippen molar-refractivity contribution in [3.05, 3.63) is 0 Å². The van der Waals surface area contributed by atoms with Crippen LogP contribution in [0.4, 0.5) is 0 Å². The number of nitriles is 1. The van der Waals surface area contributed by atoms with Gasteiger partial charge in [0.05, 0.1) is 17.1 Å². The van der Waals surface area contributed by atoms with Gasteiger partial charge < -0.3 is 5.11 Å². The fraction of sp³-hybridized carbons (Fsp3) is 0.938. The molecular weight excluding hydrogens is 222 g/mol. The van der Waals surface area contributed by atoms with Crippen molar-refractivity contribution in [2.24, 2.45) is 23.2 Å². The Morgan fingerprint density at radius 2 is 1.67 bits per heavy atom. The van der Waals surface area contributed by atoms with Gasteiger partial charge in [-0.05, 0) is 49.9 Å². The van der Waals surface area contributed by atoms with Crippen LogP contribution in [0, 0.1) is 34.5 Å². The lowest BCUT2D eigenvalue weighted by Gasteiger charge is -2.53. The van der Waals surface area contributed by atoms with Crippen molar-refractivity contribution in [1.29, 1.82) is 5.26 Å². The van der Waals surface area contributed by atoms with E-state index >= 15 is 0 Å². The summed E-state index contributed by atoms with van der Waals surface area (Å²) in [5.41, 5.74) is -1.23. The highest BCUT2D eigenvalue weighted by molar-refractivity contribution is 5.15. The van der Waals surface area contributed by atoms with Gasteiger partial charge in [-0.3, -0.25) is 0 Å². The summed E-state index contributed by atoms with van der Waals surface area (Å²) in [7, 11) is 0. The lowest BCUT2D eigenvalue weighted by Crippen LogP contribution is -2.56. The minimum absolute atomic E-state index is 0.249. The van der Waals surface area contributed by atoms with E-state index in [1.54, 1.807) is 0 Å². The average molecular weight is 249 g/mol. The highest BCUT2D eigenvalue weighted by Crippen LogP contribution is 2.54. The molecule has 0 aromatic heterocycles. The van der Waals surface area contributed by atoms with E-state index in [1.807, 2.05) is 0 Å². The number of hydrogen-bond donors (Lipinski definition) is 1. The minimum Gasteiger partial charge on any atom is -0.388 e. The second kappa shape index (κ2) is 4.85. The van der Waals surface area contributed by atoms with Crippen LogP contribution < -0.4 is 0 Å². The van der Waals surface area contributed by atoms with Crippen LogP contribution in [-0.2, 0) is 0 Å². The zero-order valence-electron chi connectivity index (χ0n) is 12.1. The van der Waals surface area contributed by atoms with Gasteiger partial charge in [-0.1, -0.05) is 33.6 Å². The van der Waals surface area contributed by atoms with Crippen molar-refractivity contribution in [2.75, 3.05) is 0 Å². The van der Waals surface area contributed by atoms with E-state index in [-0.39, 0.29) is 5.92 Å². The summed E-state index contributed by atoms with van der Waals surface area (Å²) in [6.07, 6.45) is 7.05. The summed E-state index contributed by atoms with van der Waals surface area (Å²) in [6, 6.07) is 2.55. The Hall–Kier alpha value is -0.550. The monoisotopic (exact) mass is 249 g/mol. The fourth-order valence-electron chi connectivity index (χ4n) is 4.21. The van der Waals surface area contributed by atoms with Crippen molar-refractivity contribution in [2.45, 2.75) is 71.3 Å². The van der Waals surface area contributed by atoms with Gasteiger partial charge in [0.2, 0.25) is 0 Å². The third-order valence-corrected chi connectivity index (χ3v) is 5.99. The maximum absolute atomic E-state index is 11.2. The second-order valence-corrected chi connectivity index (χ2v) is 6.96. The first-order valence-corrected chi connectivity index (χ1v) is 7.59. The van der Waals surface area contributed by atoms with E-state index in [0.717, 1.165) is 38.5 Å². The Morgan fingerprint density at radius 3 is 2.22 bits per heavy atom. The molecule has 2 aliphatic rings. The number of hydrogen-bond acceptors (Lipinski definition) is 2. The minimum atomic E-state index is -0.750. The van der Waals surface area contributed by atoms with Crippen molar-refractivity contribution >= 4 is 0 Å². The smallest absolute Gasteiger partial charge is 0.0863 e. The van der Waals surface area contributed by atoms with Crippen LogP contribution in [0.5, 0.6) is 0 Å². The van der Waals surface area contributed by atoms with Gasteiger partial charge in [-0.15, -0.1) is 0 Å². The first-order valence-electron chi connectivity index (χ1n) is 7.59. The summed E-state index contributed by atoms with van der Waals surface area (Å²) in [5.74, 6) is 1.50. The van der Waals surface area contributed by atoms with Gasteiger partial charge in [0.15, 0.2) is 0 Å². The molecule has 2 rings (SSSR count). The van der Waals surface area contributed by atoms with E-state index in [1.165, 1.54) is 6.42 Å². The van der Waals surface area contributed by atoms with Gasteiger partial charge in [-0.2, -0.15) is 5.26 Å². The van der Waals surface area contributed by atoms with E-state index in [2.05, 4.69) is 26.8 Å². The molecule has 3 unspecified atom stereocenters. The van der Waals surface area contributed by atoms with Crippen LogP contribution in [0.25, 0.3) is 0 Å². The zero-order chi connectivity index (χ0) is 13.4. The molecule has 0 amide bonds. The molecule has 102 valence electrons. The summed E-state index contributed by atoms with van der Waals surface area (Å²) >= 11 is 0. The Morgan fingerprint density at radius 1 is 1.06 bits per heavy atom. The van der Waals surface area contributed by atoms with Gasteiger partial charge in [0.1, 0.15) is 0 Å². The highest BCUT2D eigenvalue weighted by Gasteiger charge is 2.56. The molecule has 2 fully saturated rings. The van der Waals surface area contributed by atoms with Crippen molar-refractivity contribution in [3.8, 4) is 6.07 Å². The Bertz CT molecular complexity index is 337. The van der Waals surface area contributed by atoms with Crippen molar-refractivity contribution < 1.29 is 5.11 Å². The quantitative estimate of drug-likeness (QED) is 0.766. The topological polar surface area (TPSA) is 44.0 Å². The van der Waals surface area contributed by atoms with Crippen LogP contribution in [0.2, 0.25) is 0 Å². The third kappa shape index (κ3) is 1.97. The van der Waals surface area contributed by atoms with E-state index in [9.17, 15) is 10.4 Å². The van der Waals surface area contributed by atoms with Gasteiger partial charge >= 0.3 is 0 Å². The maximum atomic E-state index is 11.2. The van der Waals surface area contributed by atoms with Crippen LogP contribution in [0.1, 0.15) is 65.7 Å². The average Bonchev–Trinajstić information content (AvgIpc) is 2.37. The fourth-order valence-corrected chi connectivity index (χ4v) is 4.21. The van der Waals surface area contributed by atoms with E-state index in [4.69, 9.17) is 0 Å². The molecule has 0 saturated heterocycles. The number of nitrogens with zero attached hydrogens (tertiary/aromatic N) is 1. The molecule has 0 heterocycles. The standard InChI is InChI=1S/C16H27NO/c1-12-6-9-15(11-17,10-7-12)16(18)8-4-5-13(2)14(16)3/h12-14,18H,4-10H2,1-3H3. The van der Waals surface area contributed by atoms with Crippen LogP contribution in [0.15, 0.2) is 0 Å². The second-order valence-electron chi connectivity index (χ2n) is 6.96. The lowest BCUT2D eigenvalue weighted by molar-refractivity contribution is -0.148. The van der Waals surface area contributed by atoms with Crippen LogP contribution in [0.3, 0.4) is 0 Å². The van der Waals surface area contributed by atoms with Gasteiger partial charge in [0.25, 0.3) is 0 Å². The van der Waals surface area contributed by atoms with Gasteiger partial charge in [0, 0.05) is 0 Å². The molecule has 2 aliphatic carbocycles. The molecule has 0 aromatic rings. The molecule has 1 N–H and O–H groups in total. The SMILES string of the molecule is CC1CCC(C#N)(C2(O)CCCC(C)C2C)CC1. The van der Waals surface area contributed by atoms with E-state index < -0.39 is 11.0 Å². The molecular formula is C16H27NO. The predicted molar refractivity (Wildman–Crippen MR) is 72.8 cm³/mol. The van der Waals surface area contributed by atoms with Crippen LogP contribution >= 0.6 is 0 Å². The molecule has 0 aliphatic heterocycles. The first kappa shape index (κ1) is 13.9. The van der Waals surface area contributed by atoms with Crippen molar-refractivity contribution in [3.63, 3.8) is 0 Å². The summed E-state index contributed by atoms with van der Waals surface area (Å²) in [4.78, 5) is 0. The Labute approximate surface area is 111 Å². The Kier molecular flexibility index (Phi) is 3.74. The van der Waals surface area contributed by atoms with Crippen molar-refractivity contribution in [1.82, 2.24) is 0 Å². The zero-order valence-corrected chi connectivity index (χ0v) is 12.1. The largest absolute Gasteiger partial charge is 0.388 e. The van der Waals surface area contributed by atoms with E-state index in [0.29, 0.717) is 11.8 Å². The molecule has 2 saturated carbocycles. The molecule has 0 bridgehead atoms. The first-order chi connectivity index (χ1) is 8.45. The molecule has 2 nitrogen and oxygen atoms in total. The molecule has 18 heavy (non-hydrogen) atoms. The molecule has 0 aromatic carbocycles. The summed E-state index contributed by atoms with van der Waals surface area (Å²) in [6.45, 7) is 6.64. The number of aliphatic hydroxyl groups is 1. The molecule has 0 spiro atoms. The summed E-state index contributed by atoms with van der Waals surface area (Å²) in [5, 5.41) is 21.0. The molecule has 3 atom stereocenters. The third-order valence-electron chi connectivity index (χ3n) is 5.99. The predicted octanol–water partition coefficient (Wildman–Crippen LogP) is 3.89. The molecule has 0 radical (unpaired) electrons. The lowest BCUT2D eigenvalue weighted by atomic mass is 9.53. The van der Waals surface area contributed by atoms with Crippen LogP contribution in [-0.4, -0.2) is 10.7 Å². The Balaban J connectivity index is 2.28. The molecule has 2 heteroatoms. The number of rotatable bonds is 1. The normalized spacial score (nSPS) is 49.6. The summed E-state index contributed by atoms with van der Waals surface area (Å²) < 4.78 is 0.